The van der Waals surface area contributed by atoms with Gasteiger partial charge in [0.05, 0.1) is 19.5 Å². The number of carbonyl (C=O) groups is 2. The Hall–Kier alpha value is -4.29. The van der Waals surface area contributed by atoms with Gasteiger partial charge in [0.15, 0.2) is 34.8 Å². The number of imidazole rings is 1. The Morgan fingerprint density at radius 1 is 1.12 bits per heavy atom. The van der Waals surface area contributed by atoms with E-state index in [1.165, 1.54) is 6.33 Å². The molecule has 1 amide bonds. The Morgan fingerprint density at radius 3 is 2.56 bits per heavy atom. The molecule has 2 fully saturated rings. The van der Waals surface area contributed by atoms with Crippen molar-refractivity contribution < 1.29 is 38.0 Å². The van der Waals surface area contributed by atoms with Gasteiger partial charge in [-0.15, -0.1) is 5.10 Å². The molecule has 48 heavy (non-hydrogen) atoms. The van der Waals surface area contributed by atoms with Gasteiger partial charge in [-0.2, -0.15) is 9.97 Å². The van der Waals surface area contributed by atoms with E-state index in [0.717, 1.165) is 5.56 Å². The lowest BCUT2D eigenvalue weighted by Gasteiger charge is -2.31. The maximum atomic E-state index is 13.7. The molecule has 2 saturated heterocycles. The number of H-pyrrole nitrogens is 1. The smallest absolute Gasteiger partial charge is 0.413 e. The summed E-state index contributed by atoms with van der Waals surface area (Å²) in [7, 11) is 0. The lowest BCUT2D eigenvalue weighted by molar-refractivity contribution is -0.212. The maximum absolute atomic E-state index is 13.7. The first-order valence-corrected chi connectivity index (χ1v) is 15.7. The van der Waals surface area contributed by atoms with Crippen molar-refractivity contribution in [2.24, 2.45) is 0 Å². The number of nitrogens with one attached hydrogen (secondary N) is 2. The fourth-order valence-corrected chi connectivity index (χ4v) is 5.86. The summed E-state index contributed by atoms with van der Waals surface area (Å²) in [6.07, 6.45) is -2.12. The summed E-state index contributed by atoms with van der Waals surface area (Å²) < 4.78 is 38.1. The fourth-order valence-electron chi connectivity index (χ4n) is 5.70. The molecule has 0 aliphatic carbocycles. The molecule has 5 atom stereocenters. The van der Waals surface area contributed by atoms with Gasteiger partial charge >= 0.3 is 12.1 Å². The molecule has 3 aromatic heterocycles. The number of amides is 1. The summed E-state index contributed by atoms with van der Waals surface area (Å²) in [5, 5.41) is 16.6. The van der Waals surface area contributed by atoms with Crippen LogP contribution in [0.25, 0.3) is 11.2 Å². The molecular formula is C30H36ClN9O8. The van der Waals surface area contributed by atoms with Crippen LogP contribution in [0.5, 0.6) is 0 Å². The predicted octanol–water partition coefficient (Wildman–Crippen LogP) is 3.48. The average molecular weight is 686 g/mol. The second-order valence-corrected chi connectivity index (χ2v) is 13.0. The Bertz CT molecular complexity index is 1770. The molecular weight excluding hydrogens is 650 g/mol. The first-order chi connectivity index (χ1) is 22.8. The van der Waals surface area contributed by atoms with Gasteiger partial charge in [-0.25, -0.2) is 19.7 Å². The van der Waals surface area contributed by atoms with Crippen molar-refractivity contribution in [3.05, 3.63) is 53.3 Å². The lowest BCUT2D eigenvalue weighted by Crippen LogP contribution is -2.46. The van der Waals surface area contributed by atoms with Crippen molar-refractivity contribution in [3.8, 4) is 0 Å². The number of benzene rings is 1. The van der Waals surface area contributed by atoms with Crippen molar-refractivity contribution in [2.75, 3.05) is 18.5 Å². The summed E-state index contributed by atoms with van der Waals surface area (Å²) in [6.45, 7) is 10.4. The number of hydrogen-bond donors (Lipinski definition) is 2. The fraction of sp³-hybridized carbons (Fsp3) is 0.533. The Morgan fingerprint density at radius 2 is 1.88 bits per heavy atom. The molecule has 4 aromatic rings. The molecule has 17 nitrogen and oxygen atoms in total. The van der Waals surface area contributed by atoms with E-state index in [1.54, 1.807) is 46.1 Å². The number of fused-ring (bicyclic) bond motifs is 2. The topological polar surface area (TPSA) is 200 Å². The minimum atomic E-state index is -1.75. The number of carbonyl (C=O) groups excluding carboxylic acids is 2. The van der Waals surface area contributed by atoms with Crippen LogP contribution in [0, 0.1) is 0 Å². The Kier molecular flexibility index (Phi) is 9.08. The zero-order valence-electron chi connectivity index (χ0n) is 27.2. The third-order valence-electron chi connectivity index (χ3n) is 7.54. The van der Waals surface area contributed by atoms with Crippen LogP contribution >= 0.6 is 11.6 Å². The lowest BCUT2D eigenvalue weighted by atomic mass is 9.93. The molecule has 18 heteroatoms. The van der Waals surface area contributed by atoms with Gasteiger partial charge in [0.2, 0.25) is 10.9 Å². The van der Waals surface area contributed by atoms with Crippen LogP contribution in [0.15, 0.2) is 36.7 Å². The van der Waals surface area contributed by atoms with Crippen molar-refractivity contribution in [1.29, 1.82) is 0 Å². The van der Waals surface area contributed by atoms with E-state index < -0.39 is 53.6 Å². The van der Waals surface area contributed by atoms with Crippen LogP contribution < -0.4 is 5.32 Å². The molecule has 256 valence electrons. The van der Waals surface area contributed by atoms with E-state index in [0.29, 0.717) is 0 Å². The number of rotatable bonds is 10. The molecule has 2 aliphatic rings. The highest BCUT2D eigenvalue weighted by atomic mass is 35.5. The highest BCUT2D eigenvalue weighted by Gasteiger charge is 2.57. The summed E-state index contributed by atoms with van der Waals surface area (Å²) in [4.78, 5) is 39.2. The number of anilines is 1. The monoisotopic (exact) mass is 685 g/mol. The first-order valence-electron chi connectivity index (χ1n) is 15.3. The predicted molar refractivity (Wildman–Crippen MR) is 167 cm³/mol. The van der Waals surface area contributed by atoms with Gasteiger partial charge in [-0.1, -0.05) is 30.3 Å². The van der Waals surface area contributed by atoms with Crippen molar-refractivity contribution in [3.63, 3.8) is 0 Å². The summed E-state index contributed by atoms with van der Waals surface area (Å²) in [5.74, 6) is -1.55. The zero-order chi connectivity index (χ0) is 34.3. The number of halogens is 1. The van der Waals surface area contributed by atoms with Crippen LogP contribution in [0.2, 0.25) is 5.28 Å². The third kappa shape index (κ3) is 6.82. The third-order valence-corrected chi connectivity index (χ3v) is 7.70. The Balaban J connectivity index is 1.32. The largest absolute Gasteiger partial charge is 0.463 e. The summed E-state index contributed by atoms with van der Waals surface area (Å²) >= 11 is 6.30. The van der Waals surface area contributed by atoms with Gasteiger partial charge in [0, 0.05) is 6.42 Å². The van der Waals surface area contributed by atoms with E-state index in [-0.39, 0.29) is 47.7 Å². The molecule has 0 spiro atoms. The second kappa shape index (κ2) is 13.0. The van der Waals surface area contributed by atoms with Gasteiger partial charge < -0.3 is 28.4 Å². The first kappa shape index (κ1) is 33.6. The van der Waals surface area contributed by atoms with Crippen LogP contribution in [0.1, 0.15) is 59.2 Å². The summed E-state index contributed by atoms with van der Waals surface area (Å²) in [5.41, 5.74) is -1.21. The van der Waals surface area contributed by atoms with Gasteiger partial charge in [-0.3, -0.25) is 9.88 Å². The minimum Gasteiger partial charge on any atom is -0.463 e. The number of aromatic nitrogens is 8. The average Bonchev–Trinajstić information content (AvgIpc) is 3.80. The van der Waals surface area contributed by atoms with E-state index in [2.05, 4.69) is 40.9 Å². The normalized spacial score (nSPS) is 23.1. The minimum absolute atomic E-state index is 0.0529. The number of aromatic amines is 1. The number of ether oxygens (including phenoxy) is 6. The standard InChI is InChI=1S/C30H36ClN9O8/c1-7-43-25(41)30(24-36-38-39-37-24,13-16-11-9-8-10-12-16)44-14-17-19-20(47-29(5,6)46-19)23(45-17)40-15-32-18-21(33-26(31)35-22(18)40)34-27(42)48-28(2,3)4/h8-12,15,17,19-20,23H,7,13-14H2,1-6H3,(H,33,34,35,42)(H,36,37,38,39)/t17-,19-,20-,23-,30?/m1/s1. The van der Waals surface area contributed by atoms with E-state index in [9.17, 15) is 9.59 Å². The van der Waals surface area contributed by atoms with Crippen LogP contribution in [0.4, 0.5) is 10.6 Å². The number of hydrogen-bond acceptors (Lipinski definition) is 14. The molecule has 5 heterocycles. The van der Waals surface area contributed by atoms with Gasteiger partial charge in [-0.05, 0) is 69.1 Å². The number of nitrogens with zero attached hydrogens (tertiary/aromatic N) is 7. The van der Waals surface area contributed by atoms with E-state index in [4.69, 9.17) is 40.0 Å². The van der Waals surface area contributed by atoms with Crippen molar-refractivity contribution >= 4 is 40.6 Å². The maximum Gasteiger partial charge on any atom is 0.413 e. The molecule has 2 aliphatic heterocycles. The Labute approximate surface area is 279 Å². The van der Waals surface area contributed by atoms with Crippen LogP contribution in [-0.2, 0) is 45.2 Å². The molecule has 1 aromatic carbocycles. The highest BCUT2D eigenvalue weighted by Crippen LogP contribution is 2.45. The van der Waals surface area contributed by atoms with Gasteiger partial charge in [0.1, 0.15) is 23.9 Å². The highest BCUT2D eigenvalue weighted by molar-refractivity contribution is 6.28. The number of esters is 1. The molecule has 2 N–H and O–H groups in total. The summed E-state index contributed by atoms with van der Waals surface area (Å²) in [6, 6.07) is 9.29. The molecule has 1 unspecified atom stereocenters. The zero-order valence-corrected chi connectivity index (χ0v) is 27.9. The molecule has 6 rings (SSSR count). The van der Waals surface area contributed by atoms with Crippen molar-refractivity contribution in [1.82, 2.24) is 40.1 Å². The quantitative estimate of drug-likeness (QED) is 0.182. The van der Waals surface area contributed by atoms with Crippen LogP contribution in [-0.4, -0.2) is 95.1 Å². The SMILES string of the molecule is CCOC(=O)C(Cc1ccccc1)(OC[C@H]1O[C@@H](n2cnc3c(NC(=O)OC(C)(C)C)nc(Cl)nc32)[C@@H]2OC(C)(C)O[C@@H]21)c1nnn[nH]1. The van der Waals surface area contributed by atoms with Crippen molar-refractivity contribution in [2.45, 2.75) is 89.5 Å². The molecule has 0 saturated carbocycles. The molecule has 0 radical (unpaired) electrons. The van der Waals surface area contributed by atoms with E-state index in [1.807, 2.05) is 30.3 Å². The van der Waals surface area contributed by atoms with Crippen LogP contribution in [0.3, 0.4) is 0 Å². The van der Waals surface area contributed by atoms with Gasteiger partial charge in [0.25, 0.3) is 0 Å². The second-order valence-electron chi connectivity index (χ2n) is 12.7. The molecule has 0 bridgehead atoms. The number of tetrazole rings is 1. The van der Waals surface area contributed by atoms with E-state index >= 15 is 0 Å².